The molecule has 21 heavy (non-hydrogen) atoms. The van der Waals surface area contributed by atoms with Crippen molar-refractivity contribution in [3.05, 3.63) is 17.5 Å². The Morgan fingerprint density at radius 1 is 1.43 bits per heavy atom. The van der Waals surface area contributed by atoms with Gasteiger partial charge in [0.05, 0.1) is 5.69 Å². The number of urea groups is 1. The molecule has 1 saturated carbocycles. The highest BCUT2D eigenvalue weighted by molar-refractivity contribution is 5.99. The van der Waals surface area contributed by atoms with E-state index in [0.29, 0.717) is 23.2 Å². The molecular weight excluding hydrogens is 270 g/mol. The van der Waals surface area contributed by atoms with E-state index >= 15 is 0 Å². The average Bonchev–Trinajstić information content (AvgIpc) is 2.94. The summed E-state index contributed by atoms with van der Waals surface area (Å²) in [5, 5.41) is 14.7. The van der Waals surface area contributed by atoms with Crippen molar-refractivity contribution < 1.29 is 14.7 Å². The molecule has 0 radical (unpaired) electrons. The number of hydrogen-bond acceptors (Lipinski definition) is 2. The van der Waals surface area contributed by atoms with Gasteiger partial charge in [-0.1, -0.05) is 20.3 Å². The summed E-state index contributed by atoms with van der Waals surface area (Å²) in [6.45, 7) is 6.08. The number of aromatic carboxylic acids is 1. The summed E-state index contributed by atoms with van der Waals surface area (Å²) in [7, 11) is 0. The van der Waals surface area contributed by atoms with Gasteiger partial charge in [-0.15, -0.1) is 0 Å². The van der Waals surface area contributed by atoms with Gasteiger partial charge in [0.1, 0.15) is 5.69 Å². The fraction of sp³-hybridized carbons (Fsp3) is 0.600. The summed E-state index contributed by atoms with van der Waals surface area (Å²) >= 11 is 0. The van der Waals surface area contributed by atoms with Crippen molar-refractivity contribution in [2.75, 3.05) is 5.32 Å². The van der Waals surface area contributed by atoms with E-state index in [1.165, 1.54) is 0 Å². The molecule has 3 atom stereocenters. The average molecular weight is 293 g/mol. The SMILES string of the molecule is CCC1CCC(NC(=O)Nc2cc(C)[nH]c2C(=O)O)C1C. The number of nitrogens with one attached hydrogen (secondary N) is 3. The molecule has 116 valence electrons. The third-order valence-electron chi connectivity index (χ3n) is 4.48. The van der Waals surface area contributed by atoms with Gasteiger partial charge in [-0.25, -0.2) is 9.59 Å². The number of anilines is 1. The molecule has 0 bridgehead atoms. The number of H-pyrrole nitrogens is 1. The minimum Gasteiger partial charge on any atom is -0.477 e. The van der Waals surface area contributed by atoms with Crippen LogP contribution in [0.3, 0.4) is 0 Å². The lowest BCUT2D eigenvalue weighted by Gasteiger charge is -2.21. The molecule has 0 spiro atoms. The van der Waals surface area contributed by atoms with Crippen molar-refractivity contribution in [2.45, 2.75) is 46.1 Å². The van der Waals surface area contributed by atoms with Crippen molar-refractivity contribution in [2.24, 2.45) is 11.8 Å². The van der Waals surface area contributed by atoms with Gasteiger partial charge in [-0.2, -0.15) is 0 Å². The van der Waals surface area contributed by atoms with Crippen molar-refractivity contribution in [3.63, 3.8) is 0 Å². The predicted octanol–water partition coefficient (Wildman–Crippen LogP) is 2.97. The normalized spacial score (nSPS) is 24.8. The lowest BCUT2D eigenvalue weighted by Crippen LogP contribution is -2.40. The molecule has 2 amide bonds. The molecule has 0 aliphatic heterocycles. The number of aryl methyl sites for hydroxylation is 1. The Labute approximate surface area is 124 Å². The predicted molar refractivity (Wildman–Crippen MR) is 80.6 cm³/mol. The molecule has 1 heterocycles. The molecule has 1 aliphatic rings. The second-order valence-electron chi connectivity index (χ2n) is 5.86. The molecule has 0 aromatic carbocycles. The van der Waals surface area contributed by atoms with Crippen LogP contribution in [0.5, 0.6) is 0 Å². The van der Waals surface area contributed by atoms with E-state index in [-0.39, 0.29) is 17.8 Å². The molecule has 2 rings (SSSR count). The molecule has 4 N–H and O–H groups in total. The Balaban J connectivity index is 1.98. The number of hydrogen-bond donors (Lipinski definition) is 4. The maximum absolute atomic E-state index is 12.1. The van der Waals surface area contributed by atoms with E-state index in [1.54, 1.807) is 13.0 Å². The van der Waals surface area contributed by atoms with Gasteiger partial charge >= 0.3 is 12.0 Å². The summed E-state index contributed by atoms with van der Waals surface area (Å²) < 4.78 is 0. The standard InChI is InChI=1S/C15H23N3O3/c1-4-10-5-6-11(9(10)3)17-15(21)18-12-7-8(2)16-13(12)14(19)20/h7,9-11,16H,4-6H2,1-3H3,(H,19,20)(H2,17,18,21). The maximum Gasteiger partial charge on any atom is 0.354 e. The van der Waals surface area contributed by atoms with Gasteiger partial charge in [-0.05, 0) is 37.7 Å². The van der Waals surface area contributed by atoms with Crippen molar-refractivity contribution in [1.82, 2.24) is 10.3 Å². The van der Waals surface area contributed by atoms with Crippen LogP contribution in [0.4, 0.5) is 10.5 Å². The summed E-state index contributed by atoms with van der Waals surface area (Å²) in [6.07, 6.45) is 3.23. The Morgan fingerprint density at radius 3 is 2.71 bits per heavy atom. The third kappa shape index (κ3) is 3.37. The Morgan fingerprint density at radius 2 is 2.14 bits per heavy atom. The molecule has 1 aromatic heterocycles. The minimum absolute atomic E-state index is 0.00792. The lowest BCUT2D eigenvalue weighted by molar-refractivity contribution is 0.0692. The van der Waals surface area contributed by atoms with Crippen LogP contribution in [-0.2, 0) is 0 Å². The molecule has 3 unspecified atom stereocenters. The highest BCUT2D eigenvalue weighted by Gasteiger charge is 2.32. The minimum atomic E-state index is -1.08. The highest BCUT2D eigenvalue weighted by atomic mass is 16.4. The highest BCUT2D eigenvalue weighted by Crippen LogP contribution is 2.33. The van der Waals surface area contributed by atoms with E-state index < -0.39 is 5.97 Å². The second-order valence-corrected chi connectivity index (χ2v) is 5.86. The van der Waals surface area contributed by atoms with Crippen LogP contribution in [0.15, 0.2) is 6.07 Å². The number of aromatic amines is 1. The lowest BCUT2D eigenvalue weighted by atomic mass is 9.94. The van der Waals surface area contributed by atoms with Gasteiger partial charge in [0.2, 0.25) is 0 Å². The monoisotopic (exact) mass is 293 g/mol. The number of amides is 2. The molecule has 6 nitrogen and oxygen atoms in total. The first-order valence-corrected chi connectivity index (χ1v) is 7.42. The number of carbonyl (C=O) groups excluding carboxylic acids is 1. The second kappa shape index (κ2) is 6.20. The first-order chi connectivity index (χ1) is 9.92. The van der Waals surface area contributed by atoms with Crippen LogP contribution in [0.2, 0.25) is 0 Å². The van der Waals surface area contributed by atoms with Crippen molar-refractivity contribution in [3.8, 4) is 0 Å². The van der Waals surface area contributed by atoms with Crippen LogP contribution in [0.1, 0.15) is 49.3 Å². The van der Waals surface area contributed by atoms with Crippen LogP contribution in [0.25, 0.3) is 0 Å². The van der Waals surface area contributed by atoms with Gasteiger partial charge in [-0.3, -0.25) is 0 Å². The van der Waals surface area contributed by atoms with Gasteiger partial charge in [0, 0.05) is 11.7 Å². The summed E-state index contributed by atoms with van der Waals surface area (Å²) in [5.41, 5.74) is 1.01. The van der Waals surface area contributed by atoms with Gasteiger partial charge < -0.3 is 20.7 Å². The quantitative estimate of drug-likeness (QED) is 0.687. The number of carboxylic acid groups (broad SMARTS) is 1. The van der Waals surface area contributed by atoms with Crippen LogP contribution in [-0.4, -0.2) is 28.1 Å². The molecular formula is C15H23N3O3. The van der Waals surface area contributed by atoms with Gasteiger partial charge in [0.25, 0.3) is 0 Å². The smallest absolute Gasteiger partial charge is 0.354 e. The molecule has 0 saturated heterocycles. The van der Waals surface area contributed by atoms with E-state index in [0.717, 1.165) is 19.3 Å². The first-order valence-electron chi connectivity index (χ1n) is 7.42. The van der Waals surface area contributed by atoms with E-state index in [2.05, 4.69) is 29.5 Å². The molecule has 6 heteroatoms. The molecule has 1 aromatic rings. The molecule has 1 fully saturated rings. The fourth-order valence-electron chi connectivity index (χ4n) is 3.21. The zero-order chi connectivity index (χ0) is 15.6. The first kappa shape index (κ1) is 15.4. The largest absolute Gasteiger partial charge is 0.477 e. The Hall–Kier alpha value is -1.98. The van der Waals surface area contributed by atoms with E-state index in [1.807, 2.05) is 0 Å². The van der Waals surface area contributed by atoms with Crippen molar-refractivity contribution in [1.29, 1.82) is 0 Å². The fourth-order valence-corrected chi connectivity index (χ4v) is 3.21. The summed E-state index contributed by atoms with van der Waals surface area (Å²) in [6, 6.07) is 1.43. The summed E-state index contributed by atoms with van der Waals surface area (Å²) in [5.74, 6) is 0.0192. The summed E-state index contributed by atoms with van der Waals surface area (Å²) in [4.78, 5) is 25.9. The maximum atomic E-state index is 12.1. The Kier molecular flexibility index (Phi) is 4.55. The molecule has 1 aliphatic carbocycles. The number of carbonyl (C=O) groups is 2. The van der Waals surface area contributed by atoms with E-state index in [4.69, 9.17) is 5.11 Å². The van der Waals surface area contributed by atoms with Crippen molar-refractivity contribution >= 4 is 17.7 Å². The van der Waals surface area contributed by atoms with E-state index in [9.17, 15) is 9.59 Å². The zero-order valence-electron chi connectivity index (χ0n) is 12.7. The third-order valence-corrected chi connectivity index (χ3v) is 4.48. The van der Waals surface area contributed by atoms with Crippen LogP contribution in [0, 0.1) is 18.8 Å². The Bertz CT molecular complexity index is 538. The zero-order valence-corrected chi connectivity index (χ0v) is 12.7. The topological polar surface area (TPSA) is 94.2 Å². The number of rotatable bonds is 4. The number of carboxylic acids is 1. The van der Waals surface area contributed by atoms with Crippen LogP contribution >= 0.6 is 0 Å². The van der Waals surface area contributed by atoms with Gasteiger partial charge in [0.15, 0.2) is 0 Å². The number of aromatic nitrogens is 1. The van der Waals surface area contributed by atoms with Crippen LogP contribution < -0.4 is 10.6 Å².